The lowest BCUT2D eigenvalue weighted by Crippen LogP contribution is -2.32. The van der Waals surface area contributed by atoms with Crippen molar-refractivity contribution in [3.63, 3.8) is 0 Å². The van der Waals surface area contributed by atoms with Crippen LogP contribution in [0.5, 0.6) is 0 Å². The Kier molecular flexibility index (Phi) is 5.67. The van der Waals surface area contributed by atoms with Gasteiger partial charge in [-0.1, -0.05) is 12.1 Å². The molecule has 1 N–H and O–H groups in total. The molecular formula is C22H28N6. The third-order valence-corrected chi connectivity index (χ3v) is 5.46. The van der Waals surface area contributed by atoms with E-state index in [0.29, 0.717) is 5.92 Å². The van der Waals surface area contributed by atoms with Crippen LogP contribution in [0, 0.1) is 6.92 Å². The lowest BCUT2D eigenvalue weighted by molar-refractivity contribution is 0.203. The van der Waals surface area contributed by atoms with Gasteiger partial charge in [0, 0.05) is 42.7 Å². The molecule has 0 saturated carbocycles. The number of nitrogens with one attached hydrogen (secondary N) is 1. The maximum absolute atomic E-state index is 4.85. The fraction of sp³-hybridized carbons (Fsp3) is 0.409. The molecular weight excluding hydrogens is 348 g/mol. The van der Waals surface area contributed by atoms with E-state index in [2.05, 4.69) is 52.5 Å². The van der Waals surface area contributed by atoms with Gasteiger partial charge in [0.1, 0.15) is 11.6 Å². The number of rotatable bonds is 6. The van der Waals surface area contributed by atoms with Gasteiger partial charge in [-0.25, -0.2) is 9.97 Å². The fourth-order valence-electron chi connectivity index (χ4n) is 3.82. The molecule has 146 valence electrons. The molecule has 4 rings (SSSR count). The van der Waals surface area contributed by atoms with Crippen molar-refractivity contribution in [3.05, 3.63) is 65.7 Å². The van der Waals surface area contributed by atoms with Crippen LogP contribution in [0.25, 0.3) is 0 Å². The molecule has 4 heterocycles. The summed E-state index contributed by atoms with van der Waals surface area (Å²) in [6.45, 7) is 8.36. The zero-order chi connectivity index (χ0) is 19.3. The van der Waals surface area contributed by atoms with Gasteiger partial charge in [-0.3, -0.25) is 9.58 Å². The van der Waals surface area contributed by atoms with E-state index >= 15 is 0 Å². The maximum atomic E-state index is 4.85. The second-order valence-corrected chi connectivity index (χ2v) is 7.43. The summed E-state index contributed by atoms with van der Waals surface area (Å²) in [6.07, 6.45) is 6.26. The van der Waals surface area contributed by atoms with E-state index < -0.39 is 0 Å². The number of hydrogen-bond acceptors (Lipinski definition) is 5. The molecule has 3 aromatic rings. The molecule has 3 aromatic heterocycles. The molecule has 28 heavy (non-hydrogen) atoms. The summed E-state index contributed by atoms with van der Waals surface area (Å²) in [7, 11) is 0. The van der Waals surface area contributed by atoms with E-state index in [-0.39, 0.29) is 0 Å². The van der Waals surface area contributed by atoms with Crippen LogP contribution >= 0.6 is 0 Å². The predicted octanol–water partition coefficient (Wildman–Crippen LogP) is 4.12. The normalized spacial score (nSPS) is 15.6. The van der Waals surface area contributed by atoms with Crippen LogP contribution in [0.3, 0.4) is 0 Å². The molecule has 1 aliphatic heterocycles. The summed E-state index contributed by atoms with van der Waals surface area (Å²) in [5.74, 6) is 2.20. The highest BCUT2D eigenvalue weighted by Crippen LogP contribution is 2.28. The minimum atomic E-state index is 0.515. The molecule has 6 nitrogen and oxygen atoms in total. The number of likely N-dealkylation sites (tertiary alicyclic amines) is 1. The first-order valence-corrected chi connectivity index (χ1v) is 10.1. The number of aromatic nitrogens is 4. The van der Waals surface area contributed by atoms with Crippen LogP contribution in [0.4, 0.5) is 11.6 Å². The number of hydrogen-bond donors (Lipinski definition) is 1. The first-order valence-electron chi connectivity index (χ1n) is 10.1. The molecule has 0 aromatic carbocycles. The van der Waals surface area contributed by atoms with Crippen LogP contribution in [0.1, 0.15) is 42.6 Å². The molecule has 0 bridgehead atoms. The topological polar surface area (TPSA) is 58.9 Å². The van der Waals surface area contributed by atoms with Crippen LogP contribution in [-0.2, 0) is 13.1 Å². The molecule has 0 amide bonds. The second-order valence-electron chi connectivity index (χ2n) is 7.43. The maximum Gasteiger partial charge on any atom is 0.131 e. The van der Waals surface area contributed by atoms with Gasteiger partial charge in [-0.05, 0) is 64.0 Å². The summed E-state index contributed by atoms with van der Waals surface area (Å²) < 4.78 is 2.03. The van der Waals surface area contributed by atoms with Gasteiger partial charge >= 0.3 is 0 Å². The Morgan fingerprint density at radius 2 is 1.89 bits per heavy atom. The third kappa shape index (κ3) is 4.39. The highest BCUT2D eigenvalue weighted by molar-refractivity contribution is 5.51. The van der Waals surface area contributed by atoms with Gasteiger partial charge in [0.15, 0.2) is 0 Å². The summed E-state index contributed by atoms with van der Waals surface area (Å²) in [4.78, 5) is 11.7. The third-order valence-electron chi connectivity index (χ3n) is 5.46. The van der Waals surface area contributed by atoms with Crippen LogP contribution in [0.2, 0.25) is 0 Å². The van der Waals surface area contributed by atoms with E-state index in [4.69, 9.17) is 4.98 Å². The van der Waals surface area contributed by atoms with Gasteiger partial charge in [-0.15, -0.1) is 0 Å². The number of pyridine rings is 2. The van der Waals surface area contributed by atoms with E-state index in [9.17, 15) is 0 Å². The molecule has 1 aliphatic rings. The monoisotopic (exact) mass is 376 g/mol. The number of aryl methyl sites for hydroxylation is 2. The van der Waals surface area contributed by atoms with Gasteiger partial charge in [0.25, 0.3) is 0 Å². The van der Waals surface area contributed by atoms with Crippen molar-refractivity contribution in [2.75, 3.05) is 18.4 Å². The molecule has 0 radical (unpaired) electrons. The zero-order valence-electron chi connectivity index (χ0n) is 16.7. The average molecular weight is 377 g/mol. The Morgan fingerprint density at radius 1 is 1.07 bits per heavy atom. The fourth-order valence-corrected chi connectivity index (χ4v) is 3.82. The molecule has 0 spiro atoms. The van der Waals surface area contributed by atoms with Crippen LogP contribution in [0.15, 0.2) is 48.8 Å². The number of piperidine rings is 1. The Morgan fingerprint density at radius 3 is 2.61 bits per heavy atom. The van der Waals surface area contributed by atoms with Crippen molar-refractivity contribution in [2.24, 2.45) is 0 Å². The van der Waals surface area contributed by atoms with Crippen molar-refractivity contribution in [1.29, 1.82) is 0 Å². The van der Waals surface area contributed by atoms with Crippen molar-refractivity contribution in [3.8, 4) is 0 Å². The van der Waals surface area contributed by atoms with Crippen LogP contribution < -0.4 is 5.32 Å². The van der Waals surface area contributed by atoms with E-state index in [1.165, 1.54) is 11.3 Å². The van der Waals surface area contributed by atoms with Crippen molar-refractivity contribution in [1.82, 2.24) is 24.6 Å². The van der Waals surface area contributed by atoms with Crippen molar-refractivity contribution >= 4 is 11.6 Å². The van der Waals surface area contributed by atoms with Crippen LogP contribution in [-0.4, -0.2) is 37.7 Å². The minimum Gasteiger partial charge on any atom is -0.325 e. The first-order chi connectivity index (χ1) is 13.7. The van der Waals surface area contributed by atoms with Gasteiger partial charge in [0.2, 0.25) is 0 Å². The summed E-state index contributed by atoms with van der Waals surface area (Å²) in [5.41, 5.74) is 3.68. The molecule has 0 atom stereocenters. The van der Waals surface area contributed by atoms with E-state index in [1.807, 2.05) is 28.9 Å². The highest BCUT2D eigenvalue weighted by Gasteiger charge is 2.22. The minimum absolute atomic E-state index is 0.515. The van der Waals surface area contributed by atoms with Crippen molar-refractivity contribution < 1.29 is 0 Å². The number of anilines is 2. The Labute approximate surface area is 166 Å². The Bertz CT molecular complexity index is 896. The highest BCUT2D eigenvalue weighted by atomic mass is 15.3. The predicted molar refractivity (Wildman–Crippen MR) is 112 cm³/mol. The van der Waals surface area contributed by atoms with Gasteiger partial charge in [-0.2, -0.15) is 5.10 Å². The molecule has 1 saturated heterocycles. The Hall–Kier alpha value is -2.73. The number of nitrogens with zero attached hydrogens (tertiary/aromatic N) is 5. The SMILES string of the molecule is CCn1cc(CN2CCC(c3cccc(Nc4ccccn4)n3)CC2)c(C)n1. The summed E-state index contributed by atoms with van der Waals surface area (Å²) in [6, 6.07) is 12.1. The lowest BCUT2D eigenvalue weighted by Gasteiger charge is -2.31. The molecule has 6 heteroatoms. The Balaban J connectivity index is 1.36. The quantitative estimate of drug-likeness (QED) is 0.701. The molecule has 0 aliphatic carbocycles. The van der Waals surface area contributed by atoms with Crippen molar-refractivity contribution in [2.45, 2.75) is 45.7 Å². The summed E-state index contributed by atoms with van der Waals surface area (Å²) >= 11 is 0. The molecule has 0 unspecified atom stereocenters. The standard InChI is InChI=1S/C22H28N6/c1-3-28-16-19(17(2)26-28)15-27-13-10-18(11-14-27)20-7-6-9-22(24-20)25-21-8-4-5-12-23-21/h4-9,12,16,18H,3,10-11,13-15H2,1-2H3,(H,23,24,25). The zero-order valence-corrected chi connectivity index (χ0v) is 16.7. The van der Waals surface area contributed by atoms with Gasteiger partial charge < -0.3 is 5.32 Å². The molecule has 1 fully saturated rings. The second kappa shape index (κ2) is 8.52. The lowest BCUT2D eigenvalue weighted by atomic mass is 9.93. The first kappa shape index (κ1) is 18.6. The van der Waals surface area contributed by atoms with Gasteiger partial charge in [0.05, 0.1) is 5.69 Å². The van der Waals surface area contributed by atoms with E-state index in [1.54, 1.807) is 6.20 Å². The average Bonchev–Trinajstić information content (AvgIpc) is 3.09. The smallest absolute Gasteiger partial charge is 0.131 e. The summed E-state index contributed by atoms with van der Waals surface area (Å²) in [5, 5.41) is 7.87. The largest absolute Gasteiger partial charge is 0.325 e. The van der Waals surface area contributed by atoms with E-state index in [0.717, 1.165) is 56.4 Å².